The predicted molar refractivity (Wildman–Crippen MR) is 115 cm³/mol. The van der Waals surface area contributed by atoms with Crippen LogP contribution in [0.4, 0.5) is 4.39 Å². The van der Waals surface area contributed by atoms with Gasteiger partial charge in [-0.2, -0.15) is 0 Å². The van der Waals surface area contributed by atoms with Crippen LogP contribution in [0, 0.1) is 11.7 Å². The van der Waals surface area contributed by atoms with E-state index in [9.17, 15) is 17.6 Å². The third-order valence-electron chi connectivity index (χ3n) is 5.71. The topological polar surface area (TPSA) is 66.5 Å². The lowest BCUT2D eigenvalue weighted by molar-refractivity contribution is -0.127. The number of halogens is 1. The van der Waals surface area contributed by atoms with E-state index in [2.05, 4.69) is 10.2 Å². The summed E-state index contributed by atoms with van der Waals surface area (Å²) in [5.74, 6) is -0.208. The molecular formula is C23H29FN2O3S. The van der Waals surface area contributed by atoms with Gasteiger partial charge in [0.25, 0.3) is 0 Å². The van der Waals surface area contributed by atoms with Crippen molar-refractivity contribution in [1.82, 2.24) is 10.2 Å². The molecular weight excluding hydrogens is 403 g/mol. The molecule has 7 heteroatoms. The highest BCUT2D eigenvalue weighted by molar-refractivity contribution is 7.90. The largest absolute Gasteiger partial charge is 0.349 e. The van der Waals surface area contributed by atoms with Crippen molar-refractivity contribution in [1.29, 1.82) is 0 Å². The Morgan fingerprint density at radius 3 is 2.23 bits per heavy atom. The summed E-state index contributed by atoms with van der Waals surface area (Å²) in [6.07, 6.45) is 3.49. The maximum atomic E-state index is 13.0. The monoisotopic (exact) mass is 432 g/mol. The normalized spacial score (nSPS) is 16.9. The van der Waals surface area contributed by atoms with Crippen LogP contribution < -0.4 is 5.32 Å². The van der Waals surface area contributed by atoms with E-state index in [0.29, 0.717) is 0 Å². The first-order valence-corrected chi connectivity index (χ1v) is 12.2. The van der Waals surface area contributed by atoms with E-state index in [-0.39, 0.29) is 28.6 Å². The van der Waals surface area contributed by atoms with Crippen molar-refractivity contribution in [3.63, 3.8) is 0 Å². The number of amides is 1. The van der Waals surface area contributed by atoms with Crippen molar-refractivity contribution in [2.75, 3.05) is 19.3 Å². The van der Waals surface area contributed by atoms with E-state index in [1.165, 1.54) is 18.4 Å². The number of likely N-dealkylation sites (tertiary alicyclic amines) is 1. The van der Waals surface area contributed by atoms with Crippen LogP contribution in [0.1, 0.15) is 43.4 Å². The standard InChI is InChI=1S/C23H29FN2O3S/c1-3-22(18-6-10-21(11-7-18)30(2,28)29)25-23(27)19-12-14-26(15-13-19)16-17-4-8-20(24)9-5-17/h4-11,19,22H,3,12-16H2,1-2H3,(H,25,27)/t22-/m0/s1. The van der Waals surface area contributed by atoms with E-state index in [1.54, 1.807) is 36.4 Å². The van der Waals surface area contributed by atoms with Gasteiger partial charge in [0, 0.05) is 18.7 Å². The fraction of sp³-hybridized carbons (Fsp3) is 0.435. The molecule has 2 aromatic carbocycles. The number of sulfone groups is 1. The van der Waals surface area contributed by atoms with Gasteiger partial charge in [0.05, 0.1) is 10.9 Å². The van der Waals surface area contributed by atoms with Gasteiger partial charge in [-0.15, -0.1) is 0 Å². The maximum absolute atomic E-state index is 13.0. The molecule has 0 aliphatic carbocycles. The van der Waals surface area contributed by atoms with E-state index in [1.807, 2.05) is 6.92 Å². The van der Waals surface area contributed by atoms with Crippen molar-refractivity contribution in [3.05, 3.63) is 65.5 Å². The fourth-order valence-corrected chi connectivity index (χ4v) is 4.49. The Morgan fingerprint density at radius 1 is 1.10 bits per heavy atom. The molecule has 5 nitrogen and oxygen atoms in total. The molecule has 0 bridgehead atoms. The number of carbonyl (C=O) groups excluding carboxylic acids is 1. The molecule has 0 radical (unpaired) electrons. The van der Waals surface area contributed by atoms with Crippen LogP contribution in [-0.4, -0.2) is 38.6 Å². The zero-order valence-corrected chi connectivity index (χ0v) is 18.3. The number of rotatable bonds is 7. The van der Waals surface area contributed by atoms with Crippen LogP contribution in [-0.2, 0) is 21.2 Å². The number of nitrogens with one attached hydrogen (secondary N) is 1. The summed E-state index contributed by atoms with van der Waals surface area (Å²) in [5, 5.41) is 3.13. The van der Waals surface area contributed by atoms with Crippen LogP contribution in [0.25, 0.3) is 0 Å². The van der Waals surface area contributed by atoms with E-state index in [4.69, 9.17) is 0 Å². The zero-order valence-electron chi connectivity index (χ0n) is 17.5. The van der Waals surface area contributed by atoms with Crippen molar-refractivity contribution in [2.45, 2.75) is 43.7 Å². The average Bonchev–Trinajstić information content (AvgIpc) is 2.73. The number of hydrogen-bond acceptors (Lipinski definition) is 4. The van der Waals surface area contributed by atoms with E-state index in [0.717, 1.165) is 50.0 Å². The first kappa shape index (κ1) is 22.4. The molecule has 2 aromatic rings. The van der Waals surface area contributed by atoms with Gasteiger partial charge in [-0.1, -0.05) is 31.2 Å². The Labute approximate surface area is 178 Å². The molecule has 0 spiro atoms. The Morgan fingerprint density at radius 2 is 1.70 bits per heavy atom. The summed E-state index contributed by atoms with van der Waals surface area (Å²) in [7, 11) is -3.23. The first-order chi connectivity index (χ1) is 14.3. The molecule has 0 aromatic heterocycles. The molecule has 0 saturated carbocycles. The second-order valence-corrected chi connectivity index (χ2v) is 10.0. The van der Waals surface area contributed by atoms with Crippen LogP contribution in [0.5, 0.6) is 0 Å². The van der Waals surface area contributed by atoms with Gasteiger partial charge in [-0.3, -0.25) is 9.69 Å². The lowest BCUT2D eigenvalue weighted by Crippen LogP contribution is -2.41. The van der Waals surface area contributed by atoms with Crippen molar-refractivity contribution in [3.8, 4) is 0 Å². The molecule has 3 rings (SSSR count). The predicted octanol–water partition coefficient (Wildman–Crippen LogP) is 3.71. The Bertz CT molecular complexity index is 951. The van der Waals surface area contributed by atoms with Gasteiger partial charge in [-0.25, -0.2) is 12.8 Å². The molecule has 1 N–H and O–H groups in total. The van der Waals surface area contributed by atoms with Crippen LogP contribution in [0.15, 0.2) is 53.4 Å². The number of hydrogen-bond donors (Lipinski definition) is 1. The quantitative estimate of drug-likeness (QED) is 0.724. The number of benzene rings is 2. The van der Waals surface area contributed by atoms with E-state index < -0.39 is 9.84 Å². The summed E-state index contributed by atoms with van der Waals surface area (Å²) in [5.41, 5.74) is 1.98. The molecule has 1 heterocycles. The number of piperidine rings is 1. The number of carbonyl (C=O) groups is 1. The molecule has 1 atom stereocenters. The lowest BCUT2D eigenvalue weighted by atomic mass is 9.94. The average molecular weight is 433 g/mol. The molecule has 162 valence electrons. The molecule has 30 heavy (non-hydrogen) atoms. The highest BCUT2D eigenvalue weighted by Crippen LogP contribution is 2.23. The Kier molecular flexibility index (Phi) is 7.26. The molecule has 1 fully saturated rings. The van der Waals surface area contributed by atoms with E-state index >= 15 is 0 Å². The van der Waals surface area contributed by atoms with Crippen molar-refractivity contribution >= 4 is 15.7 Å². The van der Waals surface area contributed by atoms with Gasteiger partial charge in [0.15, 0.2) is 9.84 Å². The molecule has 1 amide bonds. The minimum atomic E-state index is -3.23. The Hall–Kier alpha value is -2.25. The number of nitrogens with zero attached hydrogens (tertiary/aromatic N) is 1. The van der Waals surface area contributed by atoms with Crippen LogP contribution in [0.2, 0.25) is 0 Å². The summed E-state index contributed by atoms with van der Waals surface area (Å²) in [6.45, 7) is 4.42. The van der Waals surface area contributed by atoms with Gasteiger partial charge >= 0.3 is 0 Å². The molecule has 1 aliphatic rings. The Balaban J connectivity index is 1.53. The highest BCUT2D eigenvalue weighted by Gasteiger charge is 2.26. The highest BCUT2D eigenvalue weighted by atomic mass is 32.2. The molecule has 1 saturated heterocycles. The second kappa shape index (κ2) is 9.71. The lowest BCUT2D eigenvalue weighted by Gasteiger charge is -2.32. The maximum Gasteiger partial charge on any atom is 0.223 e. The summed E-state index contributed by atoms with van der Waals surface area (Å²) < 4.78 is 36.3. The SMILES string of the molecule is CC[C@H](NC(=O)C1CCN(Cc2ccc(F)cc2)CC1)c1ccc(S(C)(=O)=O)cc1. The second-order valence-electron chi connectivity index (χ2n) is 7.99. The summed E-state index contributed by atoms with van der Waals surface area (Å²) in [4.78, 5) is 15.4. The molecule has 0 unspecified atom stereocenters. The minimum Gasteiger partial charge on any atom is -0.349 e. The first-order valence-electron chi connectivity index (χ1n) is 10.3. The smallest absolute Gasteiger partial charge is 0.223 e. The van der Waals surface area contributed by atoms with Crippen LogP contribution >= 0.6 is 0 Å². The van der Waals surface area contributed by atoms with Gasteiger partial charge in [-0.05, 0) is 67.7 Å². The third kappa shape index (κ3) is 5.89. The van der Waals surface area contributed by atoms with Gasteiger partial charge in [0.1, 0.15) is 5.82 Å². The summed E-state index contributed by atoms with van der Waals surface area (Å²) in [6, 6.07) is 13.1. The van der Waals surface area contributed by atoms with Crippen molar-refractivity contribution < 1.29 is 17.6 Å². The molecule has 1 aliphatic heterocycles. The van der Waals surface area contributed by atoms with Crippen LogP contribution in [0.3, 0.4) is 0 Å². The zero-order chi connectivity index (χ0) is 21.7. The van der Waals surface area contributed by atoms with Crippen molar-refractivity contribution in [2.24, 2.45) is 5.92 Å². The summed E-state index contributed by atoms with van der Waals surface area (Å²) >= 11 is 0. The van der Waals surface area contributed by atoms with Gasteiger partial charge in [0.2, 0.25) is 5.91 Å². The fourth-order valence-electron chi connectivity index (χ4n) is 3.86. The third-order valence-corrected chi connectivity index (χ3v) is 6.84. The minimum absolute atomic E-state index is 0.0289. The van der Waals surface area contributed by atoms with Gasteiger partial charge < -0.3 is 5.32 Å².